The van der Waals surface area contributed by atoms with Gasteiger partial charge in [-0.1, -0.05) is 24.3 Å². The van der Waals surface area contributed by atoms with E-state index >= 15 is 0 Å². The van der Waals surface area contributed by atoms with Gasteiger partial charge in [0, 0.05) is 24.0 Å². The molecule has 0 spiro atoms. The summed E-state index contributed by atoms with van der Waals surface area (Å²) in [5, 5.41) is 0. The molecular weight excluding hydrogens is 348 g/mol. The van der Waals surface area contributed by atoms with Gasteiger partial charge in [0.25, 0.3) is 0 Å². The number of rotatable bonds is 5. The highest BCUT2D eigenvalue weighted by Gasteiger charge is 2.23. The molecule has 0 saturated carbocycles. The highest BCUT2D eigenvalue weighted by molar-refractivity contribution is 7.91. The van der Waals surface area contributed by atoms with Crippen LogP contribution in [0.3, 0.4) is 0 Å². The van der Waals surface area contributed by atoms with Gasteiger partial charge in [-0.05, 0) is 56.2 Å². The van der Waals surface area contributed by atoms with Crippen molar-refractivity contribution in [2.45, 2.75) is 38.7 Å². The number of nitrogens with zero attached hydrogens (tertiary/aromatic N) is 1. The van der Waals surface area contributed by atoms with E-state index in [1.807, 2.05) is 55.5 Å². The van der Waals surface area contributed by atoms with E-state index in [1.165, 1.54) is 0 Å². The first kappa shape index (κ1) is 18.7. The lowest BCUT2D eigenvalue weighted by molar-refractivity contribution is 0.0344. The second-order valence-corrected chi connectivity index (χ2v) is 8.70. The molecule has 1 aliphatic rings. The third-order valence-corrected chi connectivity index (χ3v) is 5.92. The number of sulfonamides is 1. The number of benzene rings is 2. The van der Waals surface area contributed by atoms with Gasteiger partial charge >= 0.3 is 0 Å². The Hall–Kier alpha value is -2.05. The summed E-state index contributed by atoms with van der Waals surface area (Å²) in [5.41, 5.74) is 3.45. The summed E-state index contributed by atoms with van der Waals surface area (Å²) >= 11 is 0. The Kier molecular flexibility index (Phi) is 5.53. The molecule has 2 atom stereocenters. The van der Waals surface area contributed by atoms with E-state index in [-0.39, 0.29) is 11.9 Å². The third kappa shape index (κ3) is 4.56. The number of hydrogen-bond acceptors (Lipinski definition) is 4. The first-order valence-corrected chi connectivity index (χ1v) is 10.5. The minimum atomic E-state index is -3.45. The first-order chi connectivity index (χ1) is 12.3. The Balaban J connectivity index is 1.69. The number of aryl methyl sites for hydroxylation is 1. The summed E-state index contributed by atoms with van der Waals surface area (Å²) in [6.45, 7) is 7.65. The second-order valence-electron chi connectivity index (χ2n) is 6.98. The first-order valence-electron chi connectivity index (χ1n) is 8.87. The lowest BCUT2D eigenvalue weighted by Crippen LogP contribution is -2.47. The van der Waals surface area contributed by atoms with Crippen molar-refractivity contribution in [3.05, 3.63) is 59.7 Å². The van der Waals surface area contributed by atoms with Crippen molar-refractivity contribution in [1.29, 1.82) is 0 Å². The number of nitrogens with one attached hydrogen (secondary N) is 1. The van der Waals surface area contributed by atoms with E-state index in [4.69, 9.17) is 4.74 Å². The SMILES string of the molecule is Cc1ccccc1CS(=O)(=O)Nc1ccc(N2CC(C)OCC2C)cc1. The molecular formula is C20H26N2O3S. The van der Waals surface area contributed by atoms with Gasteiger partial charge in [-0.2, -0.15) is 0 Å². The van der Waals surface area contributed by atoms with Crippen LogP contribution in [0, 0.1) is 6.92 Å². The van der Waals surface area contributed by atoms with Crippen molar-refractivity contribution in [2.24, 2.45) is 0 Å². The predicted molar refractivity (Wildman–Crippen MR) is 106 cm³/mol. The molecule has 1 aliphatic heterocycles. The monoisotopic (exact) mass is 374 g/mol. The number of morpholine rings is 1. The van der Waals surface area contributed by atoms with Crippen LogP contribution in [0.15, 0.2) is 48.5 Å². The van der Waals surface area contributed by atoms with Gasteiger partial charge in [0.15, 0.2) is 0 Å². The number of hydrogen-bond donors (Lipinski definition) is 1. The average molecular weight is 375 g/mol. The molecule has 3 rings (SSSR count). The van der Waals surface area contributed by atoms with Crippen molar-refractivity contribution >= 4 is 21.4 Å². The second kappa shape index (κ2) is 7.68. The summed E-state index contributed by atoms with van der Waals surface area (Å²) in [7, 11) is -3.45. The minimum absolute atomic E-state index is 0.0283. The normalized spacial score (nSPS) is 20.8. The van der Waals surface area contributed by atoms with Crippen molar-refractivity contribution in [2.75, 3.05) is 22.8 Å². The van der Waals surface area contributed by atoms with Crippen LogP contribution in [0.5, 0.6) is 0 Å². The van der Waals surface area contributed by atoms with E-state index in [9.17, 15) is 8.42 Å². The fraction of sp³-hybridized carbons (Fsp3) is 0.400. The number of anilines is 2. The predicted octanol–water partition coefficient (Wildman–Crippen LogP) is 3.55. The molecule has 0 aromatic heterocycles. The van der Waals surface area contributed by atoms with Gasteiger partial charge in [0.05, 0.1) is 18.5 Å². The topological polar surface area (TPSA) is 58.6 Å². The number of ether oxygens (including phenoxy) is 1. The fourth-order valence-electron chi connectivity index (χ4n) is 3.18. The fourth-order valence-corrected chi connectivity index (χ4v) is 4.48. The molecule has 1 heterocycles. The molecule has 1 N–H and O–H groups in total. The molecule has 0 bridgehead atoms. The average Bonchev–Trinajstić information content (AvgIpc) is 2.59. The van der Waals surface area contributed by atoms with Crippen molar-refractivity contribution in [3.63, 3.8) is 0 Å². The van der Waals surface area contributed by atoms with Crippen LogP contribution in [0.1, 0.15) is 25.0 Å². The molecule has 6 heteroatoms. The van der Waals surface area contributed by atoms with Gasteiger partial charge in [0.2, 0.25) is 10.0 Å². The zero-order chi connectivity index (χ0) is 18.7. The molecule has 0 amide bonds. The summed E-state index contributed by atoms with van der Waals surface area (Å²) in [5.74, 6) is -0.0283. The Bertz CT molecular complexity index is 850. The van der Waals surface area contributed by atoms with Crippen LogP contribution < -0.4 is 9.62 Å². The quantitative estimate of drug-likeness (QED) is 0.869. The largest absolute Gasteiger partial charge is 0.375 e. The van der Waals surface area contributed by atoms with E-state index in [0.29, 0.717) is 18.3 Å². The highest BCUT2D eigenvalue weighted by atomic mass is 32.2. The van der Waals surface area contributed by atoms with E-state index < -0.39 is 10.0 Å². The molecule has 140 valence electrons. The minimum Gasteiger partial charge on any atom is -0.375 e. The maximum absolute atomic E-state index is 12.5. The summed E-state index contributed by atoms with van der Waals surface area (Å²) < 4.78 is 33.3. The zero-order valence-electron chi connectivity index (χ0n) is 15.5. The molecule has 5 nitrogen and oxygen atoms in total. The molecule has 1 saturated heterocycles. The molecule has 2 aromatic rings. The van der Waals surface area contributed by atoms with Crippen LogP contribution >= 0.6 is 0 Å². The summed E-state index contributed by atoms with van der Waals surface area (Å²) in [6.07, 6.45) is 0.193. The molecule has 26 heavy (non-hydrogen) atoms. The lowest BCUT2D eigenvalue weighted by atomic mass is 10.1. The molecule has 0 aliphatic carbocycles. The molecule has 2 aromatic carbocycles. The third-order valence-electron chi connectivity index (χ3n) is 4.69. The van der Waals surface area contributed by atoms with Gasteiger partial charge in [-0.15, -0.1) is 0 Å². The van der Waals surface area contributed by atoms with Gasteiger partial charge in [-0.25, -0.2) is 8.42 Å². The standard InChI is InChI=1S/C20H26N2O3S/c1-15-6-4-5-7-18(15)14-26(23,24)21-19-8-10-20(11-9-19)22-12-17(3)25-13-16(22)2/h4-11,16-17,21H,12-14H2,1-3H3. The molecule has 0 radical (unpaired) electrons. The van der Waals surface area contributed by atoms with Crippen LogP contribution in [-0.2, 0) is 20.5 Å². The van der Waals surface area contributed by atoms with E-state index in [1.54, 1.807) is 0 Å². The molecule has 2 unspecified atom stereocenters. The van der Waals surface area contributed by atoms with Crippen molar-refractivity contribution < 1.29 is 13.2 Å². The summed E-state index contributed by atoms with van der Waals surface area (Å²) in [6, 6.07) is 15.4. The Morgan fingerprint density at radius 3 is 2.50 bits per heavy atom. The van der Waals surface area contributed by atoms with Crippen molar-refractivity contribution in [1.82, 2.24) is 0 Å². The van der Waals surface area contributed by atoms with Crippen LogP contribution in [-0.4, -0.2) is 33.7 Å². The Morgan fingerprint density at radius 2 is 1.81 bits per heavy atom. The van der Waals surface area contributed by atoms with Crippen LogP contribution in [0.25, 0.3) is 0 Å². The maximum atomic E-state index is 12.5. The van der Waals surface area contributed by atoms with Crippen LogP contribution in [0.2, 0.25) is 0 Å². The van der Waals surface area contributed by atoms with E-state index in [2.05, 4.69) is 23.5 Å². The van der Waals surface area contributed by atoms with Crippen molar-refractivity contribution in [3.8, 4) is 0 Å². The lowest BCUT2D eigenvalue weighted by Gasteiger charge is -2.38. The summed E-state index contributed by atoms with van der Waals surface area (Å²) in [4.78, 5) is 2.29. The highest BCUT2D eigenvalue weighted by Crippen LogP contribution is 2.24. The van der Waals surface area contributed by atoms with Gasteiger partial charge in [-0.3, -0.25) is 4.72 Å². The van der Waals surface area contributed by atoms with Crippen LogP contribution in [0.4, 0.5) is 11.4 Å². The maximum Gasteiger partial charge on any atom is 0.236 e. The Labute approximate surface area is 156 Å². The smallest absolute Gasteiger partial charge is 0.236 e. The Morgan fingerprint density at radius 1 is 1.12 bits per heavy atom. The van der Waals surface area contributed by atoms with E-state index in [0.717, 1.165) is 23.4 Å². The zero-order valence-corrected chi connectivity index (χ0v) is 16.3. The molecule has 1 fully saturated rings. The van der Waals surface area contributed by atoms with Gasteiger partial charge < -0.3 is 9.64 Å². The van der Waals surface area contributed by atoms with Gasteiger partial charge in [0.1, 0.15) is 0 Å².